The van der Waals surface area contributed by atoms with E-state index < -0.39 is 30.3 Å². The highest BCUT2D eigenvalue weighted by Gasteiger charge is 2.43. The molecule has 1 aliphatic heterocycles. The number of alkyl halides is 2. The Hall–Kier alpha value is -2.18. The van der Waals surface area contributed by atoms with Gasteiger partial charge in [0.15, 0.2) is 0 Å². The van der Waals surface area contributed by atoms with Crippen molar-refractivity contribution in [2.45, 2.75) is 31.8 Å². The minimum Gasteiger partial charge on any atom is -0.481 e. The molecule has 126 valence electrons. The molecule has 1 amide bonds. The van der Waals surface area contributed by atoms with Gasteiger partial charge in [0, 0.05) is 19.0 Å². The number of benzene rings is 1. The second-order valence-electron chi connectivity index (χ2n) is 5.63. The summed E-state index contributed by atoms with van der Waals surface area (Å²) < 4.78 is 32.6. The van der Waals surface area contributed by atoms with Crippen LogP contribution in [0.25, 0.3) is 0 Å². The molecule has 1 fully saturated rings. The fraction of sp³-hybridized carbons (Fsp3) is 0.500. The van der Waals surface area contributed by atoms with Gasteiger partial charge in [0.2, 0.25) is 0 Å². The zero-order valence-electron chi connectivity index (χ0n) is 12.6. The van der Waals surface area contributed by atoms with Crippen LogP contribution in [0, 0.1) is 5.92 Å². The van der Waals surface area contributed by atoms with Crippen molar-refractivity contribution in [3.63, 3.8) is 0 Å². The molecule has 0 aliphatic carbocycles. The fourth-order valence-electron chi connectivity index (χ4n) is 2.64. The smallest absolute Gasteiger partial charge is 0.410 e. The molecule has 0 bridgehead atoms. The Kier molecular flexibility index (Phi) is 5.52. The largest absolute Gasteiger partial charge is 0.481 e. The molecule has 0 unspecified atom stereocenters. The predicted molar refractivity (Wildman–Crippen MR) is 78.1 cm³/mol. The van der Waals surface area contributed by atoms with Crippen LogP contribution < -0.4 is 0 Å². The molecule has 0 spiro atoms. The van der Waals surface area contributed by atoms with E-state index in [0.717, 1.165) is 5.56 Å². The van der Waals surface area contributed by atoms with Gasteiger partial charge in [0.1, 0.15) is 13.0 Å². The predicted octanol–water partition coefficient (Wildman–Crippen LogP) is 3.15. The van der Waals surface area contributed by atoms with Crippen LogP contribution in [0.15, 0.2) is 30.3 Å². The van der Waals surface area contributed by atoms with Gasteiger partial charge in [-0.2, -0.15) is 0 Å². The number of carboxylic acid groups (broad SMARTS) is 1. The highest BCUT2D eigenvalue weighted by Crippen LogP contribution is 2.35. The molecule has 1 saturated heterocycles. The van der Waals surface area contributed by atoms with E-state index in [4.69, 9.17) is 9.84 Å². The Labute approximate surface area is 132 Å². The summed E-state index contributed by atoms with van der Waals surface area (Å²) in [6.07, 6.45) is -1.56. The van der Waals surface area contributed by atoms with Crippen molar-refractivity contribution in [3.05, 3.63) is 35.9 Å². The van der Waals surface area contributed by atoms with Gasteiger partial charge in [0.25, 0.3) is 5.92 Å². The van der Waals surface area contributed by atoms with Crippen molar-refractivity contribution >= 4 is 12.1 Å². The Bertz CT molecular complexity index is 542. The van der Waals surface area contributed by atoms with Crippen LogP contribution in [0.5, 0.6) is 0 Å². The Balaban J connectivity index is 1.79. The molecule has 1 aromatic carbocycles. The second kappa shape index (κ2) is 7.39. The SMILES string of the molecule is O=C(O)CC(F)(F)C1CCN(C(=O)OCc2ccccc2)CC1. The van der Waals surface area contributed by atoms with Crippen molar-refractivity contribution in [1.82, 2.24) is 4.90 Å². The summed E-state index contributed by atoms with van der Waals surface area (Å²) in [5, 5.41) is 8.53. The number of carbonyl (C=O) groups is 2. The zero-order valence-corrected chi connectivity index (χ0v) is 12.6. The van der Waals surface area contributed by atoms with E-state index in [2.05, 4.69) is 0 Å². The number of nitrogens with zero attached hydrogens (tertiary/aromatic N) is 1. The van der Waals surface area contributed by atoms with Crippen molar-refractivity contribution in [1.29, 1.82) is 0 Å². The molecule has 2 rings (SSSR count). The van der Waals surface area contributed by atoms with E-state index in [9.17, 15) is 18.4 Å². The van der Waals surface area contributed by atoms with E-state index in [-0.39, 0.29) is 32.5 Å². The van der Waals surface area contributed by atoms with Crippen LogP contribution in [0.2, 0.25) is 0 Å². The normalized spacial score (nSPS) is 16.2. The van der Waals surface area contributed by atoms with Gasteiger partial charge in [-0.15, -0.1) is 0 Å². The number of hydrogen-bond acceptors (Lipinski definition) is 3. The number of piperidine rings is 1. The number of carbonyl (C=O) groups excluding carboxylic acids is 1. The summed E-state index contributed by atoms with van der Waals surface area (Å²) >= 11 is 0. The fourth-order valence-corrected chi connectivity index (χ4v) is 2.64. The molecule has 1 aliphatic rings. The average Bonchev–Trinajstić information content (AvgIpc) is 2.52. The van der Waals surface area contributed by atoms with E-state index in [0.29, 0.717) is 0 Å². The lowest BCUT2D eigenvalue weighted by molar-refractivity contribution is -0.151. The number of carboxylic acids is 1. The zero-order chi connectivity index (χ0) is 16.9. The molecule has 0 radical (unpaired) electrons. The summed E-state index contributed by atoms with van der Waals surface area (Å²) in [7, 11) is 0. The van der Waals surface area contributed by atoms with Gasteiger partial charge in [-0.25, -0.2) is 13.6 Å². The molecular formula is C16H19F2NO4. The van der Waals surface area contributed by atoms with Crippen molar-refractivity contribution in [3.8, 4) is 0 Å². The molecular weight excluding hydrogens is 308 g/mol. The monoisotopic (exact) mass is 327 g/mol. The van der Waals surface area contributed by atoms with E-state index in [1.54, 1.807) is 0 Å². The second-order valence-corrected chi connectivity index (χ2v) is 5.63. The molecule has 0 atom stereocenters. The van der Waals surface area contributed by atoms with Gasteiger partial charge >= 0.3 is 12.1 Å². The van der Waals surface area contributed by atoms with Crippen LogP contribution in [0.4, 0.5) is 13.6 Å². The highest BCUT2D eigenvalue weighted by molar-refractivity contribution is 5.68. The lowest BCUT2D eigenvalue weighted by atomic mass is 9.89. The van der Waals surface area contributed by atoms with Gasteiger partial charge in [-0.05, 0) is 18.4 Å². The molecule has 1 N–H and O–H groups in total. The van der Waals surface area contributed by atoms with Gasteiger partial charge in [0.05, 0.1) is 0 Å². The first-order valence-corrected chi connectivity index (χ1v) is 7.44. The molecule has 1 heterocycles. The van der Waals surface area contributed by atoms with E-state index in [1.807, 2.05) is 30.3 Å². The first-order chi connectivity index (χ1) is 10.9. The molecule has 23 heavy (non-hydrogen) atoms. The third-order valence-electron chi connectivity index (χ3n) is 3.94. The summed E-state index contributed by atoms with van der Waals surface area (Å²) in [5.41, 5.74) is 0.851. The van der Waals surface area contributed by atoms with Crippen LogP contribution in [-0.4, -0.2) is 41.1 Å². The molecule has 5 nitrogen and oxygen atoms in total. The van der Waals surface area contributed by atoms with Crippen molar-refractivity contribution in [2.24, 2.45) is 5.92 Å². The minimum absolute atomic E-state index is 0.0702. The van der Waals surface area contributed by atoms with Crippen LogP contribution in [-0.2, 0) is 16.1 Å². The summed E-state index contributed by atoms with van der Waals surface area (Å²) in [5.74, 6) is -5.78. The van der Waals surface area contributed by atoms with Crippen LogP contribution in [0.3, 0.4) is 0 Å². The first-order valence-electron chi connectivity index (χ1n) is 7.44. The van der Waals surface area contributed by atoms with Gasteiger partial charge < -0.3 is 14.7 Å². The van der Waals surface area contributed by atoms with Crippen LogP contribution >= 0.6 is 0 Å². The molecule has 1 aromatic rings. The lowest BCUT2D eigenvalue weighted by Gasteiger charge is -2.34. The standard InChI is InChI=1S/C16H19F2NO4/c17-16(18,10-14(20)21)13-6-8-19(9-7-13)15(22)23-11-12-4-2-1-3-5-12/h1-5,13H,6-11H2,(H,20,21). The first kappa shape index (κ1) is 17.2. The minimum atomic E-state index is -3.24. The quantitative estimate of drug-likeness (QED) is 0.902. The van der Waals surface area contributed by atoms with Crippen molar-refractivity contribution in [2.75, 3.05) is 13.1 Å². The number of halogens is 2. The molecule has 0 saturated carbocycles. The summed E-state index contributed by atoms with van der Waals surface area (Å²) in [6, 6.07) is 9.17. The number of aliphatic carboxylic acids is 1. The highest BCUT2D eigenvalue weighted by atomic mass is 19.3. The maximum Gasteiger partial charge on any atom is 0.410 e. The number of likely N-dealkylation sites (tertiary alicyclic amines) is 1. The van der Waals surface area contributed by atoms with Crippen molar-refractivity contribution < 1.29 is 28.2 Å². The van der Waals surface area contributed by atoms with Gasteiger partial charge in [-0.3, -0.25) is 4.79 Å². The third-order valence-corrected chi connectivity index (χ3v) is 3.94. The number of ether oxygens (including phenoxy) is 1. The Morgan fingerprint density at radius 2 is 1.83 bits per heavy atom. The topological polar surface area (TPSA) is 66.8 Å². The van der Waals surface area contributed by atoms with Gasteiger partial charge in [-0.1, -0.05) is 30.3 Å². The van der Waals surface area contributed by atoms with E-state index in [1.165, 1.54) is 4.90 Å². The number of hydrogen-bond donors (Lipinski definition) is 1. The Morgan fingerprint density at radius 1 is 1.22 bits per heavy atom. The summed E-state index contributed by atoms with van der Waals surface area (Å²) in [4.78, 5) is 23.8. The summed E-state index contributed by atoms with van der Waals surface area (Å²) in [6.45, 7) is 0.426. The molecule has 0 aromatic heterocycles. The van der Waals surface area contributed by atoms with Crippen LogP contribution in [0.1, 0.15) is 24.8 Å². The maximum absolute atomic E-state index is 13.7. The number of rotatable bonds is 5. The third kappa shape index (κ3) is 4.91. The molecule has 7 heteroatoms. The average molecular weight is 327 g/mol. The maximum atomic E-state index is 13.7. The lowest BCUT2D eigenvalue weighted by Crippen LogP contribution is -2.44. The van der Waals surface area contributed by atoms with E-state index >= 15 is 0 Å². The Morgan fingerprint density at radius 3 is 2.39 bits per heavy atom. The number of amides is 1.